The van der Waals surface area contributed by atoms with E-state index in [1.807, 2.05) is 69.3 Å². The third-order valence-electron chi connectivity index (χ3n) is 17.8. The van der Waals surface area contributed by atoms with Crippen LogP contribution in [0.5, 0.6) is 28.7 Å². The SMILES string of the molecule is C=S1(=O)C=Cc2ccc(NC(=O)c3cc(Cl)ccc3OC3CCN(C)CC3)cc21.CC(F)(F)c1ccc(NC(=O)c2cc(Cl)ccc2O)cn1.Cc1ccc(NC(=O)[C@@H](Cc2ccccc2)NC(=O)c2cc(Cl)ccc2O)c(Cl)c1.Cc1ccc(NC(=O)c2cc(Cl)ccc2O)c(Cl)c1.Cc1ccc(NC(=O)c2cccc([N+](=O)[O-])c2O)c(Cl)c1. The van der Waals surface area contributed by atoms with Gasteiger partial charge in [-0.15, -0.1) is 0 Å². The second-order valence-electron chi connectivity index (χ2n) is 27.2. The molecule has 2 aliphatic heterocycles. The average molecular weight is 1790 g/mol. The average Bonchev–Trinajstić information content (AvgIpc) is 0.881. The first kappa shape index (κ1) is 92.1. The molecule has 2 aliphatic rings. The number of nitro benzene ring substituents is 1. The van der Waals surface area contributed by atoms with Gasteiger partial charge in [-0.3, -0.25) is 48.1 Å². The van der Waals surface area contributed by atoms with Gasteiger partial charge in [0.2, 0.25) is 11.7 Å². The molecule has 6 amide bonds. The maximum absolute atomic E-state index is 13.0. The lowest BCUT2D eigenvalue weighted by atomic mass is 10.0. The number of pyridine rings is 1. The number of nitrogens with one attached hydrogen (secondary N) is 6. The van der Waals surface area contributed by atoms with Crippen molar-refractivity contribution in [3.8, 4) is 28.7 Å². The number of anilines is 5. The molecule has 33 heteroatoms. The van der Waals surface area contributed by atoms with Crippen molar-refractivity contribution >= 4 is 172 Å². The number of aromatic nitrogens is 1. The lowest BCUT2D eigenvalue weighted by Gasteiger charge is -2.29. The van der Waals surface area contributed by atoms with Crippen molar-refractivity contribution < 1.29 is 71.8 Å². The first-order valence-corrected chi connectivity index (χ1v) is 40.5. The number of aromatic hydroxyl groups is 4. The van der Waals surface area contributed by atoms with Crippen LogP contribution < -0.4 is 36.6 Å². The highest BCUT2D eigenvalue weighted by molar-refractivity contribution is 8.03. The Bertz CT molecular complexity index is 5830. The summed E-state index contributed by atoms with van der Waals surface area (Å²) in [4.78, 5) is 91.3. The highest BCUT2D eigenvalue weighted by atomic mass is 35.5. The Labute approximate surface area is 724 Å². The number of alkyl halides is 2. The number of carbonyl (C=O) groups is 6. The lowest BCUT2D eigenvalue weighted by molar-refractivity contribution is -0.385. The number of amides is 6. The Kier molecular flexibility index (Phi) is 32.0. The van der Waals surface area contributed by atoms with Crippen molar-refractivity contribution in [2.24, 2.45) is 0 Å². The smallest absolute Gasteiger partial charge is 0.311 e. The normalized spacial score (nSPS) is 13.5. The first-order valence-electron chi connectivity index (χ1n) is 36.1. The summed E-state index contributed by atoms with van der Waals surface area (Å²) in [6.45, 7) is 8.32. The number of hydrogen-bond acceptors (Lipinski definition) is 16. The zero-order valence-electron chi connectivity index (χ0n) is 64.3. The number of phenols is 4. The number of piperidine rings is 1. The van der Waals surface area contributed by atoms with Crippen LogP contribution >= 0.6 is 81.2 Å². The molecule has 1 fully saturated rings. The van der Waals surface area contributed by atoms with Gasteiger partial charge < -0.3 is 62.0 Å². The van der Waals surface area contributed by atoms with Crippen molar-refractivity contribution in [3.05, 3.63) is 324 Å². The number of likely N-dealkylation sites (tertiary alicyclic amines) is 1. The standard InChI is InChI=1S/C23H20Cl2N2O3.C22H23ClN2O3S.C14H11Cl2NO2.C14H11ClF2N2O2.C14H11ClN2O4/c1-14-7-9-19(18(25)11-14)26-23(30)20(12-15-5-3-2-4-6-15)27-22(29)17-13-16(24)8-10-21(17)28;1-25-10-7-18(8-11-25)28-20-6-4-16(23)13-19(20)22(26)24-17-5-3-15-9-12-29(2,27)21(15)14-17;1-8-2-4-12(11(16)6-8)17-14(19)10-7-9(15)3-5-13(10)18;1-14(16,17)12-5-3-9(7-18-12)19-13(21)10-6-8(15)2-4-11(10)20;1-8-5-6-11(10(15)7-8)16-14(19)9-3-2-4-12(13(9)18)17(20)21/h2-11,13,20,28H,12H2,1H3,(H,26,30)(H,27,29);3-6,9,12-14,18H,2,7-8,10-11H2,1H3,(H,24,26);2-7,18H,1H3,(H,17,19);2-7,20H,1H3,(H,19,21);2-7,18H,1H3,(H,16,19)/t20-;;;;/m1..../s1. The van der Waals surface area contributed by atoms with Crippen molar-refractivity contribution in [2.75, 3.05) is 46.7 Å². The Morgan fingerprint density at radius 3 is 1.51 bits per heavy atom. The van der Waals surface area contributed by atoms with Gasteiger partial charge in [-0.25, -0.2) is 0 Å². The van der Waals surface area contributed by atoms with E-state index in [9.17, 15) is 72.3 Å². The van der Waals surface area contributed by atoms with E-state index in [-0.39, 0.29) is 68.6 Å². The Morgan fingerprint density at radius 2 is 1.02 bits per heavy atom. The summed E-state index contributed by atoms with van der Waals surface area (Å²) in [6.07, 6.45) is 5.06. The first-order chi connectivity index (χ1) is 56.8. The van der Waals surface area contributed by atoms with Crippen molar-refractivity contribution in [1.82, 2.24) is 15.2 Å². The predicted molar refractivity (Wildman–Crippen MR) is 470 cm³/mol. The molecular formula is C87H76Cl7F2N9O14S. The van der Waals surface area contributed by atoms with E-state index < -0.39 is 73.1 Å². The number of nitro groups is 1. The minimum absolute atomic E-state index is 0.0123. The van der Waals surface area contributed by atoms with Crippen molar-refractivity contribution in [2.45, 2.75) is 69.9 Å². The van der Waals surface area contributed by atoms with Gasteiger partial charge in [0.15, 0.2) is 0 Å². The Balaban J connectivity index is 0.000000173. The van der Waals surface area contributed by atoms with Crippen LogP contribution in [-0.2, 0) is 26.7 Å². The van der Waals surface area contributed by atoms with Crippen LogP contribution in [0.2, 0.25) is 35.2 Å². The number of halogens is 9. The maximum Gasteiger partial charge on any atom is 0.311 e. The zero-order chi connectivity index (χ0) is 87.4. The van der Waals surface area contributed by atoms with Gasteiger partial charge in [-0.2, -0.15) is 8.78 Å². The van der Waals surface area contributed by atoms with Crippen LogP contribution in [0.3, 0.4) is 0 Å². The number of aryl methyl sites for hydroxylation is 3. The quantitative estimate of drug-likeness (QED) is 0.0217. The minimum Gasteiger partial charge on any atom is -0.507 e. The summed E-state index contributed by atoms with van der Waals surface area (Å²) in [6, 6.07) is 53.0. The van der Waals surface area contributed by atoms with E-state index in [1.165, 1.54) is 72.8 Å². The third kappa shape index (κ3) is 26.1. The zero-order valence-corrected chi connectivity index (χ0v) is 70.4. The molecule has 0 aliphatic carbocycles. The van der Waals surface area contributed by atoms with Crippen LogP contribution in [0.25, 0.3) is 6.08 Å². The van der Waals surface area contributed by atoms with E-state index in [0.717, 1.165) is 79.0 Å². The molecule has 11 aromatic rings. The van der Waals surface area contributed by atoms with E-state index >= 15 is 0 Å². The van der Waals surface area contributed by atoms with Crippen LogP contribution in [0, 0.1) is 30.9 Å². The number of carbonyl (C=O) groups excluding carboxylic acids is 6. The molecule has 13 rings (SSSR count). The summed E-state index contributed by atoms with van der Waals surface area (Å²) in [7, 11) is -0.358. The summed E-state index contributed by atoms with van der Waals surface area (Å²) >= 11 is 41.9. The van der Waals surface area contributed by atoms with E-state index in [1.54, 1.807) is 84.3 Å². The van der Waals surface area contributed by atoms with E-state index in [2.05, 4.69) is 54.7 Å². The fourth-order valence-corrected chi connectivity index (χ4v) is 14.4. The number of hydrogen-bond donors (Lipinski definition) is 10. The second-order valence-corrected chi connectivity index (χ2v) is 32.4. The molecule has 622 valence electrons. The van der Waals surface area contributed by atoms with Crippen LogP contribution in [0.1, 0.15) is 105 Å². The van der Waals surface area contributed by atoms with Gasteiger partial charge in [0.1, 0.15) is 40.8 Å². The van der Waals surface area contributed by atoms with Gasteiger partial charge in [0.25, 0.3) is 35.5 Å². The number of nitrogens with zero attached hydrogens (tertiary/aromatic N) is 3. The molecule has 10 aromatic carbocycles. The van der Waals surface area contributed by atoms with Gasteiger partial charge >= 0.3 is 5.69 Å². The van der Waals surface area contributed by atoms with Crippen LogP contribution in [0.15, 0.2) is 223 Å². The monoisotopic (exact) mass is 1790 g/mol. The molecule has 1 unspecified atom stereocenters. The number of benzene rings is 10. The molecule has 1 saturated heterocycles. The summed E-state index contributed by atoms with van der Waals surface area (Å²) in [5.74, 6) is -3.15. The third-order valence-corrected chi connectivity index (χ3v) is 21.4. The molecule has 0 spiro atoms. The lowest BCUT2D eigenvalue weighted by Crippen LogP contribution is -2.45. The van der Waals surface area contributed by atoms with Gasteiger partial charge in [-0.1, -0.05) is 142 Å². The molecule has 1 aromatic heterocycles. The predicted octanol–water partition coefficient (Wildman–Crippen LogP) is 20.7. The topological polar surface area (TPSA) is 341 Å². The highest BCUT2D eigenvalue weighted by Crippen LogP contribution is 2.36. The molecule has 0 bridgehead atoms. The number of phenolic OH excluding ortho intramolecular Hbond substituents is 4. The number of fused-ring (bicyclic) bond motifs is 1. The fraction of sp³-hybridized carbons (Fsp3) is 0.149. The molecule has 0 saturated carbocycles. The van der Waals surface area contributed by atoms with Gasteiger partial charge in [-0.05, 0) is 225 Å². The maximum atomic E-state index is 13.0. The molecule has 0 radical (unpaired) electrons. The van der Waals surface area contributed by atoms with E-state index in [0.29, 0.717) is 69.1 Å². The molecule has 23 nitrogen and oxygen atoms in total. The van der Waals surface area contributed by atoms with Gasteiger partial charge in [0.05, 0.1) is 76.8 Å². The molecular weight excluding hydrogens is 1710 g/mol. The largest absolute Gasteiger partial charge is 0.507 e. The molecule has 10 N–H and O–H groups in total. The van der Waals surface area contributed by atoms with Crippen LogP contribution in [-0.4, -0.2) is 113 Å². The second kappa shape index (κ2) is 41.7. The van der Waals surface area contributed by atoms with Crippen molar-refractivity contribution in [1.29, 1.82) is 0 Å². The molecule has 3 heterocycles. The van der Waals surface area contributed by atoms with E-state index in [4.69, 9.17) is 85.9 Å². The summed E-state index contributed by atoms with van der Waals surface area (Å²) in [5, 5.41) is 69.9. The Morgan fingerprint density at radius 1 is 0.558 bits per heavy atom. The fourth-order valence-electron chi connectivity index (χ4n) is 11.5. The Hall–Kier alpha value is -11.8. The highest BCUT2D eigenvalue weighted by Gasteiger charge is 2.29. The summed E-state index contributed by atoms with van der Waals surface area (Å²) in [5.41, 5.74) is 6.01. The number of rotatable bonds is 18. The molecule has 2 atom stereocenters. The van der Waals surface area contributed by atoms with Crippen LogP contribution in [0.4, 0.5) is 42.9 Å². The van der Waals surface area contributed by atoms with Crippen molar-refractivity contribution in [3.63, 3.8) is 0 Å². The van der Waals surface area contributed by atoms with Gasteiger partial charge in [0, 0.05) is 72.7 Å². The minimum atomic E-state index is -3.05. The summed E-state index contributed by atoms with van der Waals surface area (Å²) < 4.78 is 44.7. The number of para-hydroxylation sites is 1. The molecule has 120 heavy (non-hydrogen) atoms. The number of ether oxygens (including phenoxy) is 1.